The monoisotopic (exact) mass is 342 g/mol. The minimum Gasteiger partial charge on any atom is -0.507 e. The normalized spacial score (nSPS) is 16.0. The molecule has 2 N–H and O–H groups in total. The average Bonchev–Trinajstić information content (AvgIpc) is 2.80. The number of rotatable bonds is 2. The molecule has 0 spiro atoms. The fourth-order valence-electron chi connectivity index (χ4n) is 2.63. The van der Waals surface area contributed by atoms with E-state index in [1.54, 1.807) is 44.2 Å². The van der Waals surface area contributed by atoms with E-state index in [2.05, 4.69) is 5.32 Å². The number of nitrogens with zero attached hydrogens (tertiary/aromatic N) is 1. The van der Waals surface area contributed by atoms with E-state index in [0.717, 1.165) is 10.5 Å². The van der Waals surface area contributed by atoms with Gasteiger partial charge in [0.15, 0.2) is 5.11 Å². The van der Waals surface area contributed by atoms with Crippen LogP contribution in [0.1, 0.15) is 16.7 Å². The molecule has 0 aromatic heterocycles. The molecule has 1 aliphatic heterocycles. The van der Waals surface area contributed by atoms with Crippen LogP contribution in [0.5, 0.6) is 5.75 Å². The Morgan fingerprint density at radius 2 is 1.83 bits per heavy atom. The molecule has 1 amide bonds. The number of amides is 1. The fourth-order valence-corrected chi connectivity index (χ4v) is 2.92. The van der Waals surface area contributed by atoms with Crippen LogP contribution in [0.15, 0.2) is 42.1 Å². The van der Waals surface area contributed by atoms with E-state index in [1.807, 2.05) is 0 Å². The average molecular weight is 342 g/mol. The molecular weight excluding hydrogens is 327 g/mol. The second kappa shape index (κ2) is 6.05. The lowest BCUT2D eigenvalue weighted by atomic mass is 10.0. The maximum Gasteiger partial charge on any atom is 0.281 e. The Kier molecular flexibility index (Phi) is 4.07. The van der Waals surface area contributed by atoms with Crippen LogP contribution in [0, 0.1) is 19.7 Å². The molecule has 24 heavy (non-hydrogen) atoms. The van der Waals surface area contributed by atoms with Crippen molar-refractivity contribution >= 4 is 35.0 Å². The number of aromatic hydroxyl groups is 1. The SMILES string of the molecule is Cc1cc(/C=C2\NC(=S)N(c3ccccc3F)C2=O)cc(C)c1O. The smallest absolute Gasteiger partial charge is 0.281 e. The summed E-state index contributed by atoms with van der Waals surface area (Å²) in [6, 6.07) is 9.49. The van der Waals surface area contributed by atoms with Crippen molar-refractivity contribution in [3.8, 4) is 5.75 Å². The number of anilines is 1. The maximum atomic E-state index is 14.0. The van der Waals surface area contributed by atoms with Crippen molar-refractivity contribution in [3.05, 3.63) is 64.6 Å². The Morgan fingerprint density at radius 1 is 1.21 bits per heavy atom. The zero-order valence-corrected chi connectivity index (χ0v) is 13.9. The first-order chi connectivity index (χ1) is 11.4. The summed E-state index contributed by atoms with van der Waals surface area (Å²) >= 11 is 5.17. The quantitative estimate of drug-likeness (QED) is 0.649. The first-order valence-electron chi connectivity index (χ1n) is 7.30. The molecule has 1 aliphatic rings. The summed E-state index contributed by atoms with van der Waals surface area (Å²) in [7, 11) is 0. The summed E-state index contributed by atoms with van der Waals surface area (Å²) in [4.78, 5) is 13.7. The van der Waals surface area contributed by atoms with E-state index in [1.165, 1.54) is 12.1 Å². The number of halogens is 1. The predicted octanol–water partition coefficient (Wildman–Crippen LogP) is 3.41. The molecule has 0 bridgehead atoms. The highest BCUT2D eigenvalue weighted by molar-refractivity contribution is 7.80. The molecule has 1 heterocycles. The third-order valence-corrected chi connectivity index (χ3v) is 4.08. The van der Waals surface area contributed by atoms with Gasteiger partial charge in [-0.1, -0.05) is 12.1 Å². The molecule has 4 nitrogen and oxygen atoms in total. The third kappa shape index (κ3) is 2.76. The van der Waals surface area contributed by atoms with Gasteiger partial charge in [-0.05, 0) is 73.1 Å². The number of thiocarbonyl (C=S) groups is 1. The van der Waals surface area contributed by atoms with Gasteiger partial charge < -0.3 is 10.4 Å². The highest BCUT2D eigenvalue weighted by atomic mass is 32.1. The van der Waals surface area contributed by atoms with Gasteiger partial charge in [-0.15, -0.1) is 0 Å². The summed E-state index contributed by atoms with van der Waals surface area (Å²) in [6.07, 6.45) is 1.63. The second-order valence-corrected chi connectivity index (χ2v) is 5.97. The molecular formula is C18H15FN2O2S. The first kappa shape index (κ1) is 16.1. The van der Waals surface area contributed by atoms with Crippen LogP contribution in [0.4, 0.5) is 10.1 Å². The van der Waals surface area contributed by atoms with E-state index in [9.17, 15) is 14.3 Å². The Morgan fingerprint density at radius 3 is 2.46 bits per heavy atom. The standard InChI is InChI=1S/C18H15FN2O2S/c1-10-7-12(8-11(2)16(10)22)9-14-17(23)21(18(24)20-14)15-6-4-3-5-13(15)19/h3-9,22H,1-2H3,(H,20,24)/b14-9-. The summed E-state index contributed by atoms with van der Waals surface area (Å²) < 4.78 is 14.0. The molecule has 2 aromatic carbocycles. The molecule has 3 rings (SSSR count). The highest BCUT2D eigenvalue weighted by Gasteiger charge is 2.33. The Bertz CT molecular complexity index is 869. The minimum absolute atomic E-state index is 0.112. The summed E-state index contributed by atoms with van der Waals surface area (Å²) in [6.45, 7) is 3.56. The topological polar surface area (TPSA) is 52.6 Å². The zero-order chi connectivity index (χ0) is 17.4. The number of hydrogen-bond donors (Lipinski definition) is 2. The van der Waals surface area contributed by atoms with Gasteiger partial charge in [0.1, 0.15) is 17.3 Å². The van der Waals surface area contributed by atoms with Crippen molar-refractivity contribution < 1.29 is 14.3 Å². The number of aryl methyl sites for hydroxylation is 2. The predicted molar refractivity (Wildman–Crippen MR) is 95.2 cm³/mol. The largest absolute Gasteiger partial charge is 0.507 e. The van der Waals surface area contributed by atoms with Gasteiger partial charge in [-0.2, -0.15) is 0 Å². The number of phenolic OH excluding ortho intramolecular Hbond substituents is 1. The first-order valence-corrected chi connectivity index (χ1v) is 7.71. The van der Waals surface area contributed by atoms with E-state index >= 15 is 0 Å². The maximum absolute atomic E-state index is 14.0. The number of phenols is 1. The number of nitrogens with one attached hydrogen (secondary N) is 1. The number of carbonyl (C=O) groups excluding carboxylic acids is 1. The lowest BCUT2D eigenvalue weighted by molar-refractivity contribution is -0.113. The molecule has 2 aromatic rings. The summed E-state index contributed by atoms with van der Waals surface area (Å²) in [5.41, 5.74) is 2.53. The van der Waals surface area contributed by atoms with Crippen LogP contribution in [-0.4, -0.2) is 16.1 Å². The van der Waals surface area contributed by atoms with Crippen molar-refractivity contribution in [2.75, 3.05) is 4.90 Å². The van der Waals surface area contributed by atoms with E-state index < -0.39 is 11.7 Å². The van der Waals surface area contributed by atoms with E-state index in [4.69, 9.17) is 12.2 Å². The molecule has 0 saturated carbocycles. The number of para-hydroxylation sites is 1. The Labute approximate surface area is 144 Å². The van der Waals surface area contributed by atoms with E-state index in [0.29, 0.717) is 11.1 Å². The third-order valence-electron chi connectivity index (χ3n) is 3.80. The molecule has 6 heteroatoms. The van der Waals surface area contributed by atoms with Gasteiger partial charge in [-0.25, -0.2) is 9.29 Å². The van der Waals surface area contributed by atoms with Gasteiger partial charge >= 0.3 is 0 Å². The molecule has 0 radical (unpaired) electrons. The minimum atomic E-state index is -0.521. The van der Waals surface area contributed by atoms with Crippen LogP contribution in [0.2, 0.25) is 0 Å². The molecule has 0 aliphatic carbocycles. The summed E-state index contributed by atoms with van der Waals surface area (Å²) in [5.74, 6) is -0.715. The molecule has 122 valence electrons. The van der Waals surface area contributed by atoms with Gasteiger partial charge in [0.2, 0.25) is 0 Å². The van der Waals surface area contributed by atoms with E-state index in [-0.39, 0.29) is 22.2 Å². The Hall–Kier alpha value is -2.73. The van der Waals surface area contributed by atoms with Crippen LogP contribution in [0.25, 0.3) is 6.08 Å². The van der Waals surface area contributed by atoms with Crippen molar-refractivity contribution in [2.45, 2.75) is 13.8 Å². The number of hydrogen-bond acceptors (Lipinski definition) is 3. The van der Waals surface area contributed by atoms with Crippen LogP contribution in [-0.2, 0) is 4.79 Å². The van der Waals surface area contributed by atoms with Crippen molar-refractivity contribution in [1.82, 2.24) is 5.32 Å². The zero-order valence-electron chi connectivity index (χ0n) is 13.1. The summed E-state index contributed by atoms with van der Waals surface area (Å²) in [5, 5.41) is 12.8. The van der Waals surface area contributed by atoms with Crippen LogP contribution < -0.4 is 10.2 Å². The molecule has 1 fully saturated rings. The van der Waals surface area contributed by atoms with Crippen molar-refractivity contribution in [2.24, 2.45) is 0 Å². The van der Waals surface area contributed by atoms with Gasteiger partial charge in [-0.3, -0.25) is 4.79 Å². The van der Waals surface area contributed by atoms with Gasteiger partial charge in [0.05, 0.1) is 5.69 Å². The highest BCUT2D eigenvalue weighted by Crippen LogP contribution is 2.27. The van der Waals surface area contributed by atoms with Gasteiger partial charge in [0.25, 0.3) is 5.91 Å². The van der Waals surface area contributed by atoms with Crippen LogP contribution in [0.3, 0.4) is 0 Å². The lowest BCUT2D eigenvalue weighted by Crippen LogP contribution is -2.31. The van der Waals surface area contributed by atoms with Gasteiger partial charge in [0, 0.05) is 0 Å². The lowest BCUT2D eigenvalue weighted by Gasteiger charge is -2.14. The number of benzene rings is 2. The Balaban J connectivity index is 1.99. The molecule has 1 saturated heterocycles. The van der Waals surface area contributed by atoms with Crippen molar-refractivity contribution in [3.63, 3.8) is 0 Å². The molecule has 0 atom stereocenters. The van der Waals surface area contributed by atoms with Crippen LogP contribution >= 0.6 is 12.2 Å². The molecule has 0 unspecified atom stereocenters. The second-order valence-electron chi connectivity index (χ2n) is 5.58. The van der Waals surface area contributed by atoms with Crippen molar-refractivity contribution in [1.29, 1.82) is 0 Å². The fraction of sp³-hybridized carbons (Fsp3) is 0.111. The number of carbonyl (C=O) groups is 1.